The Labute approximate surface area is 301 Å². The number of benzene rings is 3. The Balaban J connectivity index is 0.000000717. The molecule has 49 heavy (non-hydrogen) atoms. The smallest absolute Gasteiger partial charge is 0.492 e. The molecule has 1 N–H and O–H groups in total. The Bertz CT molecular complexity index is 2010. The first-order valence-corrected chi connectivity index (χ1v) is 16.0. The summed E-state index contributed by atoms with van der Waals surface area (Å²) in [6, 6.07) is 22.4. The normalized spacial score (nSPS) is 12.8. The molecular weight excluding hydrogens is 678 g/mol. The van der Waals surface area contributed by atoms with E-state index in [2.05, 4.69) is 57.1 Å². The van der Waals surface area contributed by atoms with E-state index < -0.39 is 0 Å². The van der Waals surface area contributed by atoms with Crippen LogP contribution in [0.5, 0.6) is 11.5 Å². The molecule has 2 aromatic heterocycles. The van der Waals surface area contributed by atoms with E-state index in [9.17, 15) is 4.79 Å². The van der Waals surface area contributed by atoms with Crippen molar-refractivity contribution in [1.82, 2.24) is 20.0 Å². The zero-order chi connectivity index (χ0) is 33.0. The van der Waals surface area contributed by atoms with Crippen molar-refractivity contribution in [2.45, 2.75) is 26.0 Å². The molecule has 0 aliphatic heterocycles. The second-order valence-corrected chi connectivity index (χ2v) is 11.4. The summed E-state index contributed by atoms with van der Waals surface area (Å²) in [4.78, 5) is 16.8. The van der Waals surface area contributed by atoms with E-state index in [1.165, 1.54) is 0 Å². The van der Waals surface area contributed by atoms with Gasteiger partial charge >= 0.3 is 17.1 Å². The standard InChI is InChI=1S/C34H28ClN5O3.C5H6.Fe/c35-26-8-15-31-32(17-18-36-33(31)21-26)37-27-9-13-30(14-10-27)43-23-28-22-40(39-38-28)19-20-42-29-11-6-25(7-12-29)34(41)16-5-24-3-1-2-4-24;1-2-4-5-3-1;/h1,3-18,21-22H,2,19-20,23H2,(H,36,37);1-4H,5H2;/q;;+2/b16-5+;;. The van der Waals surface area contributed by atoms with Gasteiger partial charge in [-0.2, -0.15) is 0 Å². The number of nitrogens with zero attached hydrogens (tertiary/aromatic N) is 4. The number of carbonyl (C=O) groups excluding carboxylic acids is 1. The molecule has 0 saturated heterocycles. The van der Waals surface area contributed by atoms with Gasteiger partial charge in [0.1, 0.15) is 30.4 Å². The number of nitrogens with one attached hydrogen (secondary N) is 1. The number of rotatable bonds is 12. The van der Waals surface area contributed by atoms with Crippen LogP contribution in [0, 0.1) is 0 Å². The van der Waals surface area contributed by atoms with Crippen LogP contribution in [-0.2, 0) is 30.2 Å². The molecule has 3 aromatic carbocycles. The van der Waals surface area contributed by atoms with Gasteiger partial charge < -0.3 is 14.8 Å². The Kier molecular flexibility index (Phi) is 12.8. The van der Waals surface area contributed by atoms with Crippen molar-refractivity contribution < 1.29 is 31.3 Å². The number of carbonyl (C=O) groups is 1. The minimum absolute atomic E-state index is 0. The minimum Gasteiger partial charge on any atom is -0.492 e. The molecule has 8 nitrogen and oxygen atoms in total. The van der Waals surface area contributed by atoms with Crippen molar-refractivity contribution in [3.8, 4) is 11.5 Å². The molecule has 0 radical (unpaired) electrons. The second kappa shape index (κ2) is 17.8. The van der Waals surface area contributed by atoms with Gasteiger partial charge in [0.05, 0.1) is 18.3 Å². The summed E-state index contributed by atoms with van der Waals surface area (Å²) in [7, 11) is 0. The van der Waals surface area contributed by atoms with Crippen molar-refractivity contribution in [1.29, 1.82) is 0 Å². The zero-order valence-corrected chi connectivity index (χ0v) is 28.4. The van der Waals surface area contributed by atoms with Crippen LogP contribution >= 0.6 is 11.6 Å². The fourth-order valence-electron chi connectivity index (χ4n) is 4.92. The first kappa shape index (κ1) is 35.1. The number of ether oxygens (including phenoxy) is 2. The molecule has 10 heteroatoms. The number of aromatic nitrogens is 4. The number of anilines is 2. The Morgan fingerprint density at radius 1 is 0.918 bits per heavy atom. The van der Waals surface area contributed by atoms with Crippen molar-refractivity contribution >= 4 is 39.7 Å². The quantitative estimate of drug-likeness (QED) is 0.0785. The fourth-order valence-corrected chi connectivity index (χ4v) is 5.09. The SMILES string of the molecule is C1=CCC=C1.O=C(/C=C/C1=CCC=C1)c1ccc(OCCn2cc(COc3ccc(Nc4ccnc5cc(Cl)ccc45)cc3)nn2)cc1.[Fe+2]. The summed E-state index contributed by atoms with van der Waals surface area (Å²) < 4.78 is 13.4. The molecule has 246 valence electrons. The van der Waals surface area contributed by atoms with Crippen LogP contribution in [0.15, 0.2) is 145 Å². The Morgan fingerprint density at radius 2 is 1.69 bits per heavy atom. The second-order valence-electron chi connectivity index (χ2n) is 10.9. The van der Waals surface area contributed by atoms with Crippen molar-refractivity contribution in [3.63, 3.8) is 0 Å². The molecule has 0 atom stereocenters. The van der Waals surface area contributed by atoms with E-state index in [0.29, 0.717) is 41.8 Å². The first-order chi connectivity index (χ1) is 23.6. The largest absolute Gasteiger partial charge is 2.00 e. The average Bonchev–Trinajstić information content (AvgIpc) is 3.93. The third kappa shape index (κ3) is 10.4. The Morgan fingerprint density at radius 3 is 2.43 bits per heavy atom. The number of halogens is 1. The van der Waals surface area contributed by atoms with Crippen LogP contribution in [0.1, 0.15) is 28.9 Å². The fraction of sp³-hybridized carbons (Fsp3) is 0.128. The van der Waals surface area contributed by atoms with Gasteiger partial charge in [0.25, 0.3) is 0 Å². The van der Waals surface area contributed by atoms with E-state index in [4.69, 9.17) is 21.1 Å². The summed E-state index contributed by atoms with van der Waals surface area (Å²) in [5, 5.41) is 13.4. The van der Waals surface area contributed by atoms with Crippen molar-refractivity contribution in [2.24, 2.45) is 0 Å². The number of hydrogen-bond donors (Lipinski definition) is 1. The van der Waals surface area contributed by atoms with Gasteiger partial charge in [-0.05, 0) is 97.3 Å². The predicted octanol–water partition coefficient (Wildman–Crippen LogP) is 9.01. The van der Waals surface area contributed by atoms with Gasteiger partial charge in [0, 0.05) is 33.5 Å². The monoisotopic (exact) mass is 711 g/mol. The maximum atomic E-state index is 12.4. The maximum absolute atomic E-state index is 12.4. The van der Waals surface area contributed by atoms with E-state index >= 15 is 0 Å². The summed E-state index contributed by atoms with van der Waals surface area (Å²) >= 11 is 6.10. The van der Waals surface area contributed by atoms with Gasteiger partial charge in [-0.3, -0.25) is 9.78 Å². The topological polar surface area (TPSA) is 91.2 Å². The molecule has 0 fully saturated rings. The molecule has 0 spiro atoms. The molecule has 0 saturated carbocycles. The van der Waals surface area contributed by atoms with Crippen LogP contribution in [-0.4, -0.2) is 32.4 Å². The van der Waals surface area contributed by atoms with Gasteiger partial charge in [-0.25, -0.2) is 4.68 Å². The molecule has 0 amide bonds. The van der Waals surface area contributed by atoms with Gasteiger partial charge in [-0.1, -0.05) is 65.4 Å². The number of fused-ring (bicyclic) bond motifs is 1. The molecule has 2 aliphatic carbocycles. The number of ketones is 1. The van der Waals surface area contributed by atoms with Crippen LogP contribution in [0.2, 0.25) is 5.02 Å². The molecule has 2 heterocycles. The summed E-state index contributed by atoms with van der Waals surface area (Å²) in [6.07, 6.45) is 23.6. The van der Waals surface area contributed by atoms with Crippen LogP contribution in [0.25, 0.3) is 10.9 Å². The Hall–Kier alpha value is -5.21. The van der Waals surface area contributed by atoms with E-state index in [1.54, 1.807) is 41.2 Å². The summed E-state index contributed by atoms with van der Waals surface area (Å²) in [6.45, 7) is 1.22. The molecule has 7 rings (SSSR count). The number of allylic oxidation sites excluding steroid dienone is 10. The van der Waals surface area contributed by atoms with Crippen LogP contribution < -0.4 is 14.8 Å². The van der Waals surface area contributed by atoms with E-state index in [1.807, 2.05) is 66.9 Å². The molecule has 5 aromatic rings. The zero-order valence-electron chi connectivity index (χ0n) is 26.6. The predicted molar refractivity (Wildman–Crippen MR) is 191 cm³/mol. The maximum Gasteiger partial charge on any atom is 2.00 e. The minimum atomic E-state index is -0.0393. The number of pyridine rings is 1. The van der Waals surface area contributed by atoms with Crippen molar-refractivity contribution in [2.75, 3.05) is 11.9 Å². The van der Waals surface area contributed by atoms with E-state index in [0.717, 1.165) is 46.4 Å². The number of hydrogen-bond acceptors (Lipinski definition) is 7. The molecule has 0 bridgehead atoms. The first-order valence-electron chi connectivity index (χ1n) is 15.7. The van der Waals surface area contributed by atoms with Gasteiger partial charge in [0.2, 0.25) is 0 Å². The van der Waals surface area contributed by atoms with Crippen molar-refractivity contribution in [3.05, 3.63) is 162 Å². The van der Waals surface area contributed by atoms with E-state index in [-0.39, 0.29) is 22.9 Å². The molecule has 0 unspecified atom stereocenters. The molecule has 2 aliphatic rings. The molecular formula is C39H34ClFeN5O3+2. The summed E-state index contributed by atoms with van der Waals surface area (Å²) in [5.41, 5.74) is 5.09. The van der Waals surface area contributed by atoms with Gasteiger partial charge in [-0.15, -0.1) is 5.10 Å². The summed E-state index contributed by atoms with van der Waals surface area (Å²) in [5.74, 6) is 1.37. The van der Waals surface area contributed by atoms with Crippen LogP contribution in [0.3, 0.4) is 0 Å². The third-order valence-electron chi connectivity index (χ3n) is 7.42. The van der Waals surface area contributed by atoms with Gasteiger partial charge in [0.15, 0.2) is 5.78 Å². The van der Waals surface area contributed by atoms with Crippen LogP contribution in [0.4, 0.5) is 11.4 Å². The average molecular weight is 712 g/mol. The third-order valence-corrected chi connectivity index (χ3v) is 7.66.